The lowest BCUT2D eigenvalue weighted by molar-refractivity contribution is -0.122. The molecule has 5 rings (SSSR count). The molecule has 2 aliphatic heterocycles. The van der Waals surface area contributed by atoms with E-state index in [4.69, 9.17) is 28.2 Å². The Labute approximate surface area is 196 Å². The van der Waals surface area contributed by atoms with Crippen LogP contribution in [-0.2, 0) is 17.8 Å². The number of amides is 1. The van der Waals surface area contributed by atoms with Gasteiger partial charge in [-0.3, -0.25) is 9.69 Å². The summed E-state index contributed by atoms with van der Waals surface area (Å²) in [6, 6.07) is 14.7. The van der Waals surface area contributed by atoms with Gasteiger partial charge in [-0.25, -0.2) is 4.98 Å². The minimum atomic E-state index is 0.0969. The van der Waals surface area contributed by atoms with Gasteiger partial charge in [0.05, 0.1) is 22.7 Å². The number of nitrogens with zero attached hydrogens (tertiary/aromatic N) is 2. The van der Waals surface area contributed by atoms with Crippen LogP contribution in [0.2, 0.25) is 10.0 Å². The molecule has 0 spiro atoms. The highest BCUT2D eigenvalue weighted by Crippen LogP contribution is 2.37. The zero-order valence-corrected chi connectivity index (χ0v) is 19.5. The van der Waals surface area contributed by atoms with Crippen molar-refractivity contribution in [2.75, 3.05) is 0 Å². The Hall–Kier alpha value is -1.66. The molecule has 2 fully saturated rings. The van der Waals surface area contributed by atoms with E-state index >= 15 is 0 Å². The second-order valence-corrected chi connectivity index (χ2v) is 10.6. The Balaban J connectivity index is 1.23. The number of fused-ring (bicyclic) bond motifs is 3. The summed E-state index contributed by atoms with van der Waals surface area (Å²) < 4.78 is 1.15. The van der Waals surface area contributed by atoms with Crippen molar-refractivity contribution in [3.8, 4) is 0 Å². The molecule has 2 aromatic carbocycles. The molecule has 31 heavy (non-hydrogen) atoms. The molecule has 162 valence electrons. The number of halogens is 2. The van der Waals surface area contributed by atoms with E-state index < -0.39 is 0 Å². The van der Waals surface area contributed by atoms with Crippen LogP contribution in [0.25, 0.3) is 10.2 Å². The van der Waals surface area contributed by atoms with Crippen molar-refractivity contribution < 1.29 is 4.79 Å². The highest BCUT2D eigenvalue weighted by molar-refractivity contribution is 7.18. The van der Waals surface area contributed by atoms with E-state index in [9.17, 15) is 4.79 Å². The largest absolute Gasteiger partial charge is 0.353 e. The van der Waals surface area contributed by atoms with E-state index in [1.54, 1.807) is 11.3 Å². The number of benzene rings is 2. The van der Waals surface area contributed by atoms with E-state index in [-0.39, 0.29) is 11.9 Å². The zero-order chi connectivity index (χ0) is 21.4. The van der Waals surface area contributed by atoms with Crippen LogP contribution in [0.3, 0.4) is 0 Å². The van der Waals surface area contributed by atoms with Crippen molar-refractivity contribution in [2.45, 2.75) is 63.2 Å². The fourth-order valence-electron chi connectivity index (χ4n) is 5.11. The zero-order valence-electron chi connectivity index (χ0n) is 17.2. The predicted molar refractivity (Wildman–Crippen MR) is 128 cm³/mol. The number of hydrogen-bond donors (Lipinski definition) is 1. The Morgan fingerprint density at radius 2 is 1.84 bits per heavy atom. The second kappa shape index (κ2) is 9.07. The van der Waals surface area contributed by atoms with Crippen LogP contribution in [0.15, 0.2) is 42.5 Å². The van der Waals surface area contributed by atoms with Crippen molar-refractivity contribution in [1.29, 1.82) is 0 Å². The van der Waals surface area contributed by atoms with Gasteiger partial charge in [-0.05, 0) is 55.5 Å². The molecule has 2 unspecified atom stereocenters. The minimum absolute atomic E-state index is 0.0969. The van der Waals surface area contributed by atoms with Crippen LogP contribution in [0.5, 0.6) is 0 Å². The summed E-state index contributed by atoms with van der Waals surface area (Å²) in [6.07, 6.45) is 6.06. The highest BCUT2D eigenvalue weighted by atomic mass is 35.5. The van der Waals surface area contributed by atoms with Gasteiger partial charge in [0, 0.05) is 23.1 Å². The molecule has 3 aromatic rings. The van der Waals surface area contributed by atoms with E-state index in [2.05, 4.69) is 16.3 Å². The Bertz CT molecular complexity index is 1070. The Morgan fingerprint density at radius 3 is 2.55 bits per heavy atom. The first-order valence-electron chi connectivity index (χ1n) is 10.9. The summed E-state index contributed by atoms with van der Waals surface area (Å²) in [5, 5.41) is 5.84. The van der Waals surface area contributed by atoms with Crippen LogP contribution in [0.4, 0.5) is 0 Å². The summed E-state index contributed by atoms with van der Waals surface area (Å²) in [7, 11) is 0. The van der Waals surface area contributed by atoms with Crippen LogP contribution < -0.4 is 5.32 Å². The van der Waals surface area contributed by atoms with Crippen molar-refractivity contribution in [1.82, 2.24) is 15.2 Å². The van der Waals surface area contributed by atoms with Gasteiger partial charge in [0.25, 0.3) is 0 Å². The third kappa shape index (κ3) is 4.75. The van der Waals surface area contributed by atoms with Gasteiger partial charge < -0.3 is 5.32 Å². The number of piperidine rings is 2. The fraction of sp³-hybridized carbons (Fsp3) is 0.417. The number of nitrogens with one attached hydrogen (secondary N) is 1. The molecular formula is C24H25Cl2N3OS. The number of rotatable bonds is 5. The summed E-state index contributed by atoms with van der Waals surface area (Å²) in [6.45, 7) is 0.871. The summed E-state index contributed by atoms with van der Waals surface area (Å²) in [5.74, 6) is 0.0969. The molecule has 2 bridgehead atoms. The first-order valence-corrected chi connectivity index (χ1v) is 12.5. The fourth-order valence-corrected chi connectivity index (χ4v) is 6.51. The molecule has 2 aliphatic rings. The van der Waals surface area contributed by atoms with Crippen LogP contribution >= 0.6 is 34.5 Å². The maximum atomic E-state index is 12.6. The van der Waals surface area contributed by atoms with E-state index in [0.717, 1.165) is 45.2 Å². The molecule has 1 aromatic heterocycles. The summed E-state index contributed by atoms with van der Waals surface area (Å²) >= 11 is 14.0. The average molecular weight is 474 g/mol. The van der Waals surface area contributed by atoms with E-state index in [0.29, 0.717) is 23.5 Å². The monoisotopic (exact) mass is 473 g/mol. The van der Waals surface area contributed by atoms with E-state index in [1.165, 1.54) is 19.3 Å². The standard InChI is InChI=1S/C24H25Cl2N3OS/c25-16-9-7-15(8-10-16)11-22(30)27-17-12-18-3-1-4-19(13-17)29(18)14-23-28-24-20(26)5-2-6-21(24)31-23/h2,5-10,17-19H,1,3-4,11-14H2,(H,27,30). The molecular weight excluding hydrogens is 449 g/mol. The van der Waals surface area contributed by atoms with Gasteiger partial charge >= 0.3 is 0 Å². The molecule has 0 aliphatic carbocycles. The normalized spacial score (nSPS) is 23.7. The molecule has 0 radical (unpaired) electrons. The molecule has 1 N–H and O–H groups in total. The lowest BCUT2D eigenvalue weighted by Gasteiger charge is -2.48. The average Bonchev–Trinajstić information content (AvgIpc) is 3.14. The molecule has 1 amide bonds. The first kappa shape index (κ1) is 21.2. The maximum Gasteiger partial charge on any atom is 0.224 e. The summed E-state index contributed by atoms with van der Waals surface area (Å²) in [5.41, 5.74) is 1.91. The molecule has 3 heterocycles. The van der Waals surface area contributed by atoms with Crippen LogP contribution in [0, 0.1) is 0 Å². The van der Waals surface area contributed by atoms with Gasteiger partial charge in [-0.15, -0.1) is 11.3 Å². The van der Waals surface area contributed by atoms with Gasteiger partial charge in [0.15, 0.2) is 0 Å². The third-order valence-electron chi connectivity index (χ3n) is 6.50. The third-order valence-corrected chi connectivity index (χ3v) is 8.06. The topological polar surface area (TPSA) is 45.2 Å². The number of hydrogen-bond acceptors (Lipinski definition) is 4. The van der Waals surface area contributed by atoms with E-state index in [1.807, 2.05) is 36.4 Å². The Kier molecular flexibility index (Phi) is 6.20. The first-order chi connectivity index (χ1) is 15.0. The lowest BCUT2D eigenvalue weighted by Crippen LogP contribution is -2.56. The number of aromatic nitrogens is 1. The van der Waals surface area contributed by atoms with Crippen LogP contribution in [-0.4, -0.2) is 33.9 Å². The smallest absolute Gasteiger partial charge is 0.224 e. The van der Waals surface area contributed by atoms with Crippen molar-refractivity contribution >= 4 is 50.7 Å². The number of thiazole rings is 1. The van der Waals surface area contributed by atoms with Gasteiger partial charge in [-0.2, -0.15) is 0 Å². The lowest BCUT2D eigenvalue weighted by atomic mass is 9.81. The SMILES string of the molecule is O=C(Cc1ccc(Cl)cc1)NC1CC2CCCC(C1)N2Cc1nc2c(Cl)cccc2s1. The molecule has 2 atom stereocenters. The van der Waals surface area contributed by atoms with Gasteiger partial charge in [-0.1, -0.05) is 47.8 Å². The number of para-hydroxylation sites is 1. The van der Waals surface area contributed by atoms with Crippen molar-refractivity contribution in [3.63, 3.8) is 0 Å². The van der Waals surface area contributed by atoms with Gasteiger partial charge in [0.2, 0.25) is 5.91 Å². The highest BCUT2D eigenvalue weighted by Gasteiger charge is 2.39. The molecule has 4 nitrogen and oxygen atoms in total. The minimum Gasteiger partial charge on any atom is -0.353 e. The summed E-state index contributed by atoms with van der Waals surface area (Å²) in [4.78, 5) is 20.1. The quantitative estimate of drug-likeness (QED) is 0.505. The molecule has 7 heteroatoms. The predicted octanol–water partition coefficient (Wildman–Crippen LogP) is 5.85. The molecule has 2 saturated heterocycles. The number of carbonyl (C=O) groups excluding carboxylic acids is 1. The Morgan fingerprint density at radius 1 is 1.10 bits per heavy atom. The van der Waals surface area contributed by atoms with Crippen LogP contribution in [0.1, 0.15) is 42.7 Å². The van der Waals surface area contributed by atoms with Crippen molar-refractivity contribution in [3.05, 3.63) is 63.1 Å². The van der Waals surface area contributed by atoms with Crippen molar-refractivity contribution in [2.24, 2.45) is 0 Å². The maximum absolute atomic E-state index is 12.6. The van der Waals surface area contributed by atoms with Gasteiger partial charge in [0.1, 0.15) is 10.5 Å². The number of carbonyl (C=O) groups is 1. The second-order valence-electron chi connectivity index (χ2n) is 8.64. The molecule has 0 saturated carbocycles.